The molecule has 0 aliphatic heterocycles. The van der Waals surface area contributed by atoms with Crippen LogP contribution < -0.4 is 4.74 Å². The maximum Gasteiger partial charge on any atom is 0.339 e. The van der Waals surface area contributed by atoms with Crippen LogP contribution in [0.3, 0.4) is 0 Å². The van der Waals surface area contributed by atoms with Crippen LogP contribution in [0.2, 0.25) is 0 Å². The molecule has 5 nitrogen and oxygen atoms in total. The lowest BCUT2D eigenvalue weighted by atomic mass is 9.99. The topological polar surface area (TPSA) is 65.0 Å². The van der Waals surface area contributed by atoms with Crippen molar-refractivity contribution in [2.45, 2.75) is 32.7 Å². The molecule has 5 heteroatoms. The van der Waals surface area contributed by atoms with E-state index in [0.717, 1.165) is 16.7 Å². The summed E-state index contributed by atoms with van der Waals surface area (Å²) < 4.78 is 16.9. The van der Waals surface area contributed by atoms with E-state index in [0.29, 0.717) is 37.6 Å². The zero-order chi connectivity index (χ0) is 21.9. The molecule has 1 atom stereocenters. The number of esters is 1. The van der Waals surface area contributed by atoms with E-state index in [1.54, 1.807) is 19.1 Å². The van der Waals surface area contributed by atoms with Crippen molar-refractivity contribution in [2.24, 2.45) is 0 Å². The summed E-state index contributed by atoms with van der Waals surface area (Å²) in [4.78, 5) is 12.2. The zero-order valence-electron chi connectivity index (χ0n) is 17.7. The Labute approximate surface area is 183 Å². The molecule has 0 amide bonds. The zero-order valence-corrected chi connectivity index (χ0v) is 17.7. The SMILES string of the molecule is CCOC(=O)C(O)c1cccc(OCc2ccccc2)c1CCOCc1ccccc1. The number of carbonyl (C=O) groups is 1. The van der Waals surface area contributed by atoms with Gasteiger partial charge in [0, 0.05) is 5.56 Å². The number of benzene rings is 3. The molecule has 0 aromatic heterocycles. The third-order valence-corrected chi connectivity index (χ3v) is 4.82. The monoisotopic (exact) mass is 420 g/mol. The van der Waals surface area contributed by atoms with Gasteiger partial charge >= 0.3 is 5.97 Å². The second kappa shape index (κ2) is 11.9. The molecule has 0 saturated heterocycles. The minimum Gasteiger partial charge on any atom is -0.489 e. The highest BCUT2D eigenvalue weighted by Gasteiger charge is 2.23. The summed E-state index contributed by atoms with van der Waals surface area (Å²) >= 11 is 0. The molecule has 0 heterocycles. The lowest BCUT2D eigenvalue weighted by Gasteiger charge is -2.19. The van der Waals surface area contributed by atoms with Crippen LogP contribution in [0.15, 0.2) is 78.9 Å². The van der Waals surface area contributed by atoms with Crippen LogP contribution in [0.25, 0.3) is 0 Å². The Morgan fingerprint density at radius 3 is 2.16 bits per heavy atom. The predicted molar refractivity (Wildman–Crippen MR) is 119 cm³/mol. The first kappa shape index (κ1) is 22.5. The summed E-state index contributed by atoms with van der Waals surface area (Å²) in [6.07, 6.45) is -0.881. The highest BCUT2D eigenvalue weighted by molar-refractivity contribution is 5.77. The van der Waals surface area contributed by atoms with Crippen LogP contribution in [0, 0.1) is 0 Å². The molecule has 0 fully saturated rings. The molecule has 0 saturated carbocycles. The molecule has 0 aliphatic carbocycles. The van der Waals surface area contributed by atoms with E-state index in [-0.39, 0.29) is 6.61 Å². The number of rotatable bonds is 11. The Morgan fingerprint density at radius 2 is 1.52 bits per heavy atom. The van der Waals surface area contributed by atoms with Gasteiger partial charge in [-0.15, -0.1) is 0 Å². The standard InChI is InChI=1S/C26H28O5/c1-2-30-26(28)25(27)23-14-9-15-24(31-19-21-12-7-4-8-13-21)22(23)16-17-29-18-20-10-5-3-6-11-20/h3-15,25,27H,2,16-19H2,1H3. The number of ether oxygens (including phenoxy) is 3. The Kier molecular flexibility index (Phi) is 8.64. The van der Waals surface area contributed by atoms with E-state index in [4.69, 9.17) is 14.2 Å². The number of aliphatic hydroxyl groups excluding tert-OH is 1. The van der Waals surface area contributed by atoms with E-state index in [1.165, 1.54) is 0 Å². The van der Waals surface area contributed by atoms with Gasteiger partial charge in [-0.25, -0.2) is 4.79 Å². The van der Waals surface area contributed by atoms with Crippen molar-refractivity contribution in [3.8, 4) is 5.75 Å². The fourth-order valence-corrected chi connectivity index (χ4v) is 3.26. The number of hydrogen-bond donors (Lipinski definition) is 1. The van der Waals surface area contributed by atoms with E-state index in [1.807, 2.05) is 66.7 Å². The van der Waals surface area contributed by atoms with Crippen molar-refractivity contribution in [3.63, 3.8) is 0 Å². The van der Waals surface area contributed by atoms with Crippen LogP contribution >= 0.6 is 0 Å². The molecule has 1 unspecified atom stereocenters. The molecule has 3 aromatic carbocycles. The molecule has 0 bridgehead atoms. The largest absolute Gasteiger partial charge is 0.489 e. The molecule has 31 heavy (non-hydrogen) atoms. The van der Waals surface area contributed by atoms with Crippen LogP contribution in [0.4, 0.5) is 0 Å². The van der Waals surface area contributed by atoms with Gasteiger partial charge in [0.25, 0.3) is 0 Å². The van der Waals surface area contributed by atoms with Gasteiger partial charge in [0.15, 0.2) is 6.10 Å². The van der Waals surface area contributed by atoms with Gasteiger partial charge in [-0.05, 0) is 36.1 Å². The quantitative estimate of drug-likeness (QED) is 0.362. The molecule has 1 N–H and O–H groups in total. The van der Waals surface area contributed by atoms with Crippen LogP contribution in [0.1, 0.15) is 35.3 Å². The van der Waals surface area contributed by atoms with E-state index < -0.39 is 12.1 Å². The normalized spacial score (nSPS) is 11.7. The smallest absolute Gasteiger partial charge is 0.339 e. The van der Waals surface area contributed by atoms with Crippen molar-refractivity contribution >= 4 is 5.97 Å². The lowest BCUT2D eigenvalue weighted by molar-refractivity contribution is -0.153. The average Bonchev–Trinajstić information content (AvgIpc) is 2.82. The molecule has 3 aromatic rings. The molecular weight excluding hydrogens is 392 g/mol. The fraction of sp³-hybridized carbons (Fsp3) is 0.269. The molecule has 0 spiro atoms. The lowest BCUT2D eigenvalue weighted by Crippen LogP contribution is -2.18. The Balaban J connectivity index is 1.74. The number of aliphatic hydroxyl groups is 1. The number of carbonyl (C=O) groups excluding carboxylic acids is 1. The Hall–Kier alpha value is -3.15. The average molecular weight is 421 g/mol. The molecule has 0 radical (unpaired) electrons. The minimum atomic E-state index is -1.37. The Bertz CT molecular complexity index is 941. The van der Waals surface area contributed by atoms with E-state index >= 15 is 0 Å². The third kappa shape index (κ3) is 6.67. The summed E-state index contributed by atoms with van der Waals surface area (Å²) in [6.45, 7) is 3.21. The van der Waals surface area contributed by atoms with Gasteiger partial charge in [-0.1, -0.05) is 72.8 Å². The fourth-order valence-electron chi connectivity index (χ4n) is 3.26. The third-order valence-electron chi connectivity index (χ3n) is 4.82. The highest BCUT2D eigenvalue weighted by Crippen LogP contribution is 2.29. The van der Waals surface area contributed by atoms with Crippen molar-refractivity contribution in [3.05, 3.63) is 101 Å². The summed E-state index contributed by atoms with van der Waals surface area (Å²) in [7, 11) is 0. The van der Waals surface area contributed by atoms with Gasteiger partial charge in [-0.3, -0.25) is 0 Å². The first-order valence-corrected chi connectivity index (χ1v) is 10.4. The van der Waals surface area contributed by atoms with Crippen LogP contribution in [-0.2, 0) is 33.9 Å². The Morgan fingerprint density at radius 1 is 0.871 bits per heavy atom. The van der Waals surface area contributed by atoms with Gasteiger partial charge in [0.1, 0.15) is 12.4 Å². The maximum atomic E-state index is 12.2. The maximum absolute atomic E-state index is 12.2. The summed E-state index contributed by atoms with van der Waals surface area (Å²) in [5, 5.41) is 10.6. The summed E-state index contributed by atoms with van der Waals surface area (Å²) in [6, 6.07) is 25.1. The molecular formula is C26H28O5. The summed E-state index contributed by atoms with van der Waals surface area (Å²) in [5.41, 5.74) is 3.34. The van der Waals surface area contributed by atoms with Crippen LogP contribution in [-0.4, -0.2) is 24.3 Å². The van der Waals surface area contributed by atoms with E-state index in [2.05, 4.69) is 0 Å². The molecule has 0 aliphatic rings. The second-order valence-electron chi connectivity index (χ2n) is 7.04. The van der Waals surface area contributed by atoms with Crippen molar-refractivity contribution in [1.82, 2.24) is 0 Å². The number of hydrogen-bond acceptors (Lipinski definition) is 5. The summed E-state index contributed by atoms with van der Waals surface area (Å²) in [5.74, 6) is -0.0535. The van der Waals surface area contributed by atoms with Crippen molar-refractivity contribution in [2.75, 3.05) is 13.2 Å². The second-order valence-corrected chi connectivity index (χ2v) is 7.04. The van der Waals surface area contributed by atoms with Crippen molar-refractivity contribution in [1.29, 1.82) is 0 Å². The predicted octanol–water partition coefficient (Wildman–Crippen LogP) is 4.62. The molecule has 162 valence electrons. The van der Waals surface area contributed by atoms with Crippen molar-refractivity contribution < 1.29 is 24.1 Å². The van der Waals surface area contributed by atoms with Gasteiger partial charge in [-0.2, -0.15) is 0 Å². The molecule has 3 rings (SSSR count). The van der Waals surface area contributed by atoms with Crippen LogP contribution in [0.5, 0.6) is 5.75 Å². The van der Waals surface area contributed by atoms with Gasteiger partial charge < -0.3 is 19.3 Å². The first-order chi connectivity index (χ1) is 15.2. The van der Waals surface area contributed by atoms with Gasteiger partial charge in [0.2, 0.25) is 0 Å². The highest BCUT2D eigenvalue weighted by atomic mass is 16.5. The first-order valence-electron chi connectivity index (χ1n) is 10.4. The minimum absolute atomic E-state index is 0.204. The van der Waals surface area contributed by atoms with E-state index in [9.17, 15) is 9.90 Å². The van der Waals surface area contributed by atoms with Gasteiger partial charge in [0.05, 0.1) is 19.8 Å².